The van der Waals surface area contributed by atoms with Crippen LogP contribution in [0.1, 0.15) is 10.4 Å². The normalized spacial score (nSPS) is 10.0. The molecule has 0 atom stereocenters. The monoisotopic (exact) mass is 416 g/mol. The van der Waals surface area contributed by atoms with Crippen LogP contribution in [0.25, 0.3) is 0 Å². The number of amides is 2. The summed E-state index contributed by atoms with van der Waals surface area (Å²) in [6.45, 7) is -0.240. The molecule has 2 amide bonds. The van der Waals surface area contributed by atoms with Gasteiger partial charge in [0.25, 0.3) is 11.8 Å². The Kier molecular flexibility index (Phi) is 6.27. The number of carbonyl (C=O) groups is 2. The van der Waals surface area contributed by atoms with Crippen LogP contribution in [0.2, 0.25) is 10.0 Å². The van der Waals surface area contributed by atoms with Gasteiger partial charge < -0.3 is 4.74 Å². The fourth-order valence-electron chi connectivity index (χ4n) is 1.58. The first-order valence-corrected chi connectivity index (χ1v) is 7.93. The largest absolute Gasteiger partial charge is 0.484 e. The van der Waals surface area contributed by atoms with Gasteiger partial charge in [-0.25, -0.2) is 0 Å². The Labute approximate surface area is 151 Å². The zero-order chi connectivity index (χ0) is 16.8. The zero-order valence-electron chi connectivity index (χ0n) is 11.6. The third-order valence-corrected chi connectivity index (χ3v) is 3.75. The fourth-order valence-corrected chi connectivity index (χ4v) is 2.34. The molecule has 0 unspecified atom stereocenters. The van der Waals surface area contributed by atoms with Crippen molar-refractivity contribution in [2.45, 2.75) is 0 Å². The molecule has 0 aliphatic heterocycles. The van der Waals surface area contributed by atoms with E-state index >= 15 is 0 Å². The molecule has 0 radical (unpaired) electrons. The van der Waals surface area contributed by atoms with Crippen LogP contribution in [0.4, 0.5) is 0 Å². The van der Waals surface area contributed by atoms with Gasteiger partial charge in [-0.1, -0.05) is 39.1 Å². The summed E-state index contributed by atoms with van der Waals surface area (Å²) in [7, 11) is 0. The molecule has 0 aliphatic rings. The Bertz CT molecular complexity index is 723. The maximum atomic E-state index is 11.9. The number of halogens is 3. The third-order valence-electron chi connectivity index (χ3n) is 2.67. The van der Waals surface area contributed by atoms with Crippen LogP contribution in [0.5, 0.6) is 5.75 Å². The van der Waals surface area contributed by atoms with E-state index in [-0.39, 0.29) is 17.2 Å². The lowest BCUT2D eigenvalue weighted by Crippen LogP contribution is -2.43. The summed E-state index contributed by atoms with van der Waals surface area (Å²) < 4.78 is 6.18. The lowest BCUT2D eigenvalue weighted by atomic mass is 10.2. The summed E-state index contributed by atoms with van der Waals surface area (Å²) in [6, 6.07) is 11.4. The number of benzene rings is 2. The van der Waals surface area contributed by atoms with Gasteiger partial charge in [-0.2, -0.15) is 0 Å². The van der Waals surface area contributed by atoms with Crippen LogP contribution < -0.4 is 15.6 Å². The minimum atomic E-state index is -0.552. The summed E-state index contributed by atoms with van der Waals surface area (Å²) in [4.78, 5) is 23.5. The van der Waals surface area contributed by atoms with Crippen LogP contribution in [-0.4, -0.2) is 18.4 Å². The molecule has 2 aromatic carbocycles. The highest BCUT2D eigenvalue weighted by Gasteiger charge is 2.11. The molecule has 2 N–H and O–H groups in total. The van der Waals surface area contributed by atoms with E-state index in [9.17, 15) is 9.59 Å². The van der Waals surface area contributed by atoms with Gasteiger partial charge in [0.05, 0.1) is 10.6 Å². The first-order chi connectivity index (χ1) is 11.0. The van der Waals surface area contributed by atoms with Gasteiger partial charge in [0.1, 0.15) is 5.75 Å². The second-order valence-electron chi connectivity index (χ2n) is 4.37. The lowest BCUT2D eigenvalue weighted by Gasteiger charge is -2.09. The number of nitrogens with one attached hydrogen (secondary N) is 2. The number of carbonyl (C=O) groups excluding carboxylic acids is 2. The van der Waals surface area contributed by atoms with Crippen molar-refractivity contribution in [3.8, 4) is 5.75 Å². The van der Waals surface area contributed by atoms with Crippen LogP contribution in [0, 0.1) is 0 Å². The van der Waals surface area contributed by atoms with Crippen molar-refractivity contribution in [1.82, 2.24) is 10.9 Å². The van der Waals surface area contributed by atoms with Gasteiger partial charge in [-0.15, -0.1) is 0 Å². The summed E-state index contributed by atoms with van der Waals surface area (Å²) in [6.07, 6.45) is 0. The molecule has 23 heavy (non-hydrogen) atoms. The highest BCUT2D eigenvalue weighted by Crippen LogP contribution is 2.20. The minimum Gasteiger partial charge on any atom is -0.484 e. The topological polar surface area (TPSA) is 67.4 Å². The van der Waals surface area contributed by atoms with Gasteiger partial charge in [0, 0.05) is 9.50 Å². The van der Waals surface area contributed by atoms with E-state index in [0.29, 0.717) is 10.8 Å². The van der Waals surface area contributed by atoms with Crippen molar-refractivity contribution in [2.75, 3.05) is 6.61 Å². The van der Waals surface area contributed by atoms with E-state index in [0.717, 1.165) is 4.47 Å². The highest BCUT2D eigenvalue weighted by atomic mass is 79.9. The Morgan fingerprint density at radius 1 is 1.04 bits per heavy atom. The predicted octanol–water partition coefficient (Wildman–Crippen LogP) is 3.60. The summed E-state index contributed by atoms with van der Waals surface area (Å²) in [5, 5.41) is 0.605. The first kappa shape index (κ1) is 17.6. The number of hydrogen-bond donors (Lipinski definition) is 2. The van der Waals surface area contributed by atoms with Crippen molar-refractivity contribution < 1.29 is 14.3 Å². The van der Waals surface area contributed by atoms with Crippen molar-refractivity contribution in [1.29, 1.82) is 0 Å². The molecule has 0 aromatic heterocycles. The maximum Gasteiger partial charge on any atom is 0.276 e. The molecular formula is C15H11BrCl2N2O3. The standard InChI is InChI=1S/C15H11BrCl2N2O3/c16-9-1-4-11(5-2-9)23-8-14(21)19-20-15(22)12-6-3-10(17)7-13(12)18/h1-7H,8H2,(H,19,21)(H,20,22). The van der Waals surface area contributed by atoms with E-state index in [1.807, 2.05) is 0 Å². The van der Waals surface area contributed by atoms with Crippen molar-refractivity contribution >= 4 is 50.9 Å². The average molecular weight is 418 g/mol. The molecule has 0 fully saturated rings. The second kappa shape index (κ2) is 8.19. The molecular weight excluding hydrogens is 407 g/mol. The molecule has 120 valence electrons. The molecule has 2 aromatic rings. The Balaban J connectivity index is 1.81. The van der Waals surface area contributed by atoms with Gasteiger partial charge in [0.15, 0.2) is 6.61 Å². The van der Waals surface area contributed by atoms with Crippen molar-refractivity contribution in [2.24, 2.45) is 0 Å². The van der Waals surface area contributed by atoms with Gasteiger partial charge in [0.2, 0.25) is 0 Å². The average Bonchev–Trinajstić information content (AvgIpc) is 2.52. The van der Waals surface area contributed by atoms with Crippen LogP contribution in [-0.2, 0) is 4.79 Å². The maximum absolute atomic E-state index is 11.9. The van der Waals surface area contributed by atoms with E-state index in [2.05, 4.69) is 26.8 Å². The molecule has 0 saturated carbocycles. The first-order valence-electron chi connectivity index (χ1n) is 6.38. The van der Waals surface area contributed by atoms with Gasteiger partial charge in [-0.05, 0) is 42.5 Å². The van der Waals surface area contributed by atoms with Crippen LogP contribution in [0.3, 0.4) is 0 Å². The Morgan fingerprint density at radius 2 is 1.74 bits per heavy atom. The van der Waals surface area contributed by atoms with E-state index < -0.39 is 11.8 Å². The molecule has 0 spiro atoms. The van der Waals surface area contributed by atoms with Crippen molar-refractivity contribution in [3.05, 3.63) is 62.5 Å². The van der Waals surface area contributed by atoms with Crippen molar-refractivity contribution in [3.63, 3.8) is 0 Å². The summed E-state index contributed by atoms with van der Waals surface area (Å²) in [5.41, 5.74) is 4.69. The molecule has 5 nitrogen and oxygen atoms in total. The Hall–Kier alpha value is -1.76. The van der Waals surface area contributed by atoms with E-state index in [1.54, 1.807) is 24.3 Å². The zero-order valence-corrected chi connectivity index (χ0v) is 14.7. The quantitative estimate of drug-likeness (QED) is 0.747. The number of hydrogen-bond acceptors (Lipinski definition) is 3. The van der Waals surface area contributed by atoms with E-state index in [1.165, 1.54) is 18.2 Å². The van der Waals surface area contributed by atoms with Gasteiger partial charge in [-0.3, -0.25) is 20.4 Å². The lowest BCUT2D eigenvalue weighted by molar-refractivity contribution is -0.123. The summed E-state index contributed by atoms with van der Waals surface area (Å²) >= 11 is 15.0. The molecule has 2 rings (SSSR count). The highest BCUT2D eigenvalue weighted by molar-refractivity contribution is 9.10. The second-order valence-corrected chi connectivity index (χ2v) is 6.13. The third kappa shape index (κ3) is 5.42. The smallest absolute Gasteiger partial charge is 0.276 e. The molecule has 0 saturated heterocycles. The predicted molar refractivity (Wildman–Crippen MR) is 91.7 cm³/mol. The van der Waals surface area contributed by atoms with Crippen LogP contribution >= 0.6 is 39.1 Å². The molecule has 8 heteroatoms. The minimum absolute atomic E-state index is 0.190. The fraction of sp³-hybridized carbons (Fsp3) is 0.0667. The van der Waals surface area contributed by atoms with Gasteiger partial charge >= 0.3 is 0 Å². The molecule has 0 bridgehead atoms. The summed E-state index contributed by atoms with van der Waals surface area (Å²) in [5.74, 6) is -0.523. The molecule has 0 heterocycles. The number of rotatable bonds is 4. The molecule has 0 aliphatic carbocycles. The SMILES string of the molecule is O=C(COc1ccc(Br)cc1)NNC(=O)c1ccc(Cl)cc1Cl. The number of ether oxygens (including phenoxy) is 1. The van der Waals surface area contributed by atoms with Crippen LogP contribution in [0.15, 0.2) is 46.9 Å². The van der Waals surface area contributed by atoms with E-state index in [4.69, 9.17) is 27.9 Å². The Morgan fingerprint density at radius 3 is 2.39 bits per heavy atom. The number of hydrazine groups is 1.